The minimum atomic E-state index is -2.99. The molecule has 6 heteroatoms. The highest BCUT2D eigenvalue weighted by Gasteiger charge is 2.38. The van der Waals surface area contributed by atoms with Gasteiger partial charge in [0.05, 0.1) is 31.9 Å². The molecule has 0 amide bonds. The Balaban J connectivity index is 2.19. The Bertz CT molecular complexity index is 315. The van der Waals surface area contributed by atoms with Crippen molar-refractivity contribution in [3.05, 3.63) is 0 Å². The van der Waals surface area contributed by atoms with Crippen LogP contribution >= 0.6 is 0 Å². The first-order valence-corrected chi connectivity index (χ1v) is 8.36. The van der Waals surface area contributed by atoms with E-state index in [9.17, 15) is 13.5 Å². The summed E-state index contributed by atoms with van der Waals surface area (Å²) in [6, 6.07) is -0.147. The average molecular weight is 266 g/mol. The molecule has 1 heterocycles. The summed E-state index contributed by atoms with van der Waals surface area (Å²) in [6.45, 7) is 8.65. The van der Waals surface area contributed by atoms with E-state index in [0.717, 1.165) is 32.6 Å². The zero-order valence-corrected chi connectivity index (χ0v) is 11.7. The molecule has 4 N–H and O–H groups in total. The van der Waals surface area contributed by atoms with Crippen molar-refractivity contribution in [1.82, 2.24) is 0 Å². The van der Waals surface area contributed by atoms with Crippen LogP contribution in [-0.4, -0.2) is 63.4 Å². The van der Waals surface area contributed by atoms with E-state index < -0.39 is 15.9 Å². The molecule has 0 aromatic carbocycles. The molecular weight excluding hydrogens is 240 g/mol. The van der Waals surface area contributed by atoms with Crippen molar-refractivity contribution in [2.24, 2.45) is 0 Å². The Morgan fingerprint density at radius 3 is 2.41 bits per heavy atom. The van der Waals surface area contributed by atoms with Crippen LogP contribution < -0.4 is 10.2 Å². The van der Waals surface area contributed by atoms with Crippen LogP contribution in [0.2, 0.25) is 0 Å². The molecule has 2 atom stereocenters. The minimum Gasteiger partial charge on any atom is -0.386 e. The predicted molar refractivity (Wildman–Crippen MR) is 66.8 cm³/mol. The van der Waals surface area contributed by atoms with Gasteiger partial charge in [-0.3, -0.25) is 0 Å². The van der Waals surface area contributed by atoms with Gasteiger partial charge in [-0.15, -0.1) is 0 Å². The van der Waals surface area contributed by atoms with Crippen molar-refractivity contribution in [3.63, 3.8) is 0 Å². The lowest BCUT2D eigenvalue weighted by atomic mass is 10.2. The zero-order chi connectivity index (χ0) is 12.9. The number of nitrogens with two attached hydrogens (primary N) is 1. The minimum absolute atomic E-state index is 0.0601. The maximum Gasteiger partial charge on any atom is 0.159 e. The maximum atomic E-state index is 11.3. The molecule has 1 rings (SSSR count). The topological polar surface area (TPSA) is 75.4 Å². The summed E-state index contributed by atoms with van der Waals surface area (Å²) in [5.41, 5.74) is 0. The van der Waals surface area contributed by atoms with Crippen molar-refractivity contribution in [1.29, 1.82) is 0 Å². The SMILES string of the molecule is CC[NH+](CC)CCC[NH2+][C@H]1CS(=O)(=O)C[C@@H]1O. The van der Waals surface area contributed by atoms with E-state index in [-0.39, 0.29) is 17.5 Å². The van der Waals surface area contributed by atoms with Gasteiger partial charge in [0.2, 0.25) is 0 Å². The number of aliphatic hydroxyl groups is 1. The molecule has 0 saturated carbocycles. The molecule has 0 aromatic rings. The van der Waals surface area contributed by atoms with E-state index in [1.54, 1.807) is 4.90 Å². The Hall–Kier alpha value is -0.170. The second-order valence-electron chi connectivity index (χ2n) is 4.89. The first-order chi connectivity index (χ1) is 7.98. The highest BCUT2D eigenvalue weighted by atomic mass is 32.2. The van der Waals surface area contributed by atoms with Crippen molar-refractivity contribution in [2.45, 2.75) is 32.4 Å². The van der Waals surface area contributed by atoms with Gasteiger partial charge in [-0.25, -0.2) is 8.42 Å². The lowest BCUT2D eigenvalue weighted by Crippen LogP contribution is -3.11. The molecule has 0 bridgehead atoms. The second kappa shape index (κ2) is 6.68. The third kappa shape index (κ3) is 4.91. The van der Waals surface area contributed by atoms with E-state index in [4.69, 9.17) is 0 Å². The highest BCUT2D eigenvalue weighted by Crippen LogP contribution is 2.08. The van der Waals surface area contributed by atoms with Crippen LogP contribution in [0.5, 0.6) is 0 Å². The van der Waals surface area contributed by atoms with Crippen LogP contribution in [0.1, 0.15) is 20.3 Å². The van der Waals surface area contributed by atoms with E-state index in [2.05, 4.69) is 13.8 Å². The molecule has 5 nitrogen and oxygen atoms in total. The maximum absolute atomic E-state index is 11.3. The predicted octanol–water partition coefficient (Wildman–Crippen LogP) is -2.98. The molecule has 0 aliphatic carbocycles. The van der Waals surface area contributed by atoms with E-state index >= 15 is 0 Å². The lowest BCUT2D eigenvalue weighted by molar-refractivity contribution is -0.898. The van der Waals surface area contributed by atoms with Gasteiger partial charge in [0.25, 0.3) is 0 Å². The molecule has 1 fully saturated rings. The number of hydrogen-bond donors (Lipinski definition) is 3. The monoisotopic (exact) mass is 266 g/mol. The molecular formula is C11H26N2O3S+2. The molecule has 1 aliphatic rings. The number of nitrogens with one attached hydrogen (secondary N) is 1. The molecule has 1 aliphatic heterocycles. The molecule has 1 saturated heterocycles. The second-order valence-corrected chi connectivity index (χ2v) is 7.05. The summed E-state index contributed by atoms with van der Waals surface area (Å²) in [5, 5.41) is 11.6. The largest absolute Gasteiger partial charge is 0.386 e. The van der Waals surface area contributed by atoms with Crippen LogP contribution in [-0.2, 0) is 9.84 Å². The molecule has 0 unspecified atom stereocenters. The third-order valence-corrected chi connectivity index (χ3v) is 5.31. The van der Waals surface area contributed by atoms with Crippen LogP contribution in [0.25, 0.3) is 0 Å². The highest BCUT2D eigenvalue weighted by molar-refractivity contribution is 7.91. The summed E-state index contributed by atoms with van der Waals surface area (Å²) >= 11 is 0. The Morgan fingerprint density at radius 2 is 1.94 bits per heavy atom. The summed E-state index contributed by atoms with van der Waals surface area (Å²) in [5.74, 6) is 0.0712. The Labute approximate surface area is 104 Å². The van der Waals surface area contributed by atoms with Crippen LogP contribution in [0.3, 0.4) is 0 Å². The van der Waals surface area contributed by atoms with Gasteiger partial charge in [0.1, 0.15) is 17.9 Å². The molecule has 0 spiro atoms. The number of quaternary nitrogens is 2. The molecule has 17 heavy (non-hydrogen) atoms. The average Bonchev–Trinajstić information content (AvgIpc) is 2.52. The van der Waals surface area contributed by atoms with E-state index in [1.807, 2.05) is 5.32 Å². The normalized spacial score (nSPS) is 27.8. The zero-order valence-electron chi connectivity index (χ0n) is 10.9. The van der Waals surface area contributed by atoms with E-state index in [1.165, 1.54) is 0 Å². The lowest BCUT2D eigenvalue weighted by Gasteiger charge is -2.16. The fraction of sp³-hybridized carbons (Fsp3) is 1.00. The van der Waals surface area contributed by atoms with E-state index in [0.29, 0.717) is 0 Å². The number of sulfone groups is 1. The first-order valence-electron chi connectivity index (χ1n) is 6.54. The number of rotatable bonds is 7. The fourth-order valence-electron chi connectivity index (χ4n) is 2.37. The van der Waals surface area contributed by atoms with Crippen molar-refractivity contribution in [2.75, 3.05) is 37.7 Å². The number of hydrogen-bond acceptors (Lipinski definition) is 3. The van der Waals surface area contributed by atoms with Crippen LogP contribution in [0, 0.1) is 0 Å². The van der Waals surface area contributed by atoms with Crippen molar-refractivity contribution < 1.29 is 23.7 Å². The Morgan fingerprint density at radius 1 is 1.29 bits per heavy atom. The molecule has 102 valence electrons. The van der Waals surface area contributed by atoms with Crippen LogP contribution in [0.15, 0.2) is 0 Å². The molecule has 0 radical (unpaired) electrons. The van der Waals surface area contributed by atoms with Gasteiger partial charge in [0.15, 0.2) is 9.84 Å². The van der Waals surface area contributed by atoms with Gasteiger partial charge in [0, 0.05) is 6.42 Å². The summed E-state index contributed by atoms with van der Waals surface area (Å²) < 4.78 is 22.6. The van der Waals surface area contributed by atoms with Gasteiger partial charge >= 0.3 is 0 Å². The van der Waals surface area contributed by atoms with Gasteiger partial charge in [-0.2, -0.15) is 0 Å². The van der Waals surface area contributed by atoms with Crippen molar-refractivity contribution in [3.8, 4) is 0 Å². The van der Waals surface area contributed by atoms with Crippen LogP contribution in [0.4, 0.5) is 0 Å². The fourth-order valence-corrected chi connectivity index (χ4v) is 4.22. The summed E-state index contributed by atoms with van der Waals surface area (Å²) in [7, 11) is -2.99. The molecule has 0 aromatic heterocycles. The smallest absolute Gasteiger partial charge is 0.159 e. The van der Waals surface area contributed by atoms with Gasteiger partial charge in [-0.1, -0.05) is 0 Å². The van der Waals surface area contributed by atoms with Crippen molar-refractivity contribution >= 4 is 9.84 Å². The quantitative estimate of drug-likeness (QED) is 0.431. The summed E-state index contributed by atoms with van der Waals surface area (Å²) in [4.78, 5) is 1.57. The Kier molecular flexibility index (Phi) is 5.85. The van der Waals surface area contributed by atoms with Gasteiger partial charge < -0.3 is 15.3 Å². The van der Waals surface area contributed by atoms with Gasteiger partial charge in [-0.05, 0) is 13.8 Å². The standard InChI is InChI=1S/C11H24N2O3S/c1-3-13(4-2)7-5-6-12-10-8-17(15,16)9-11(10)14/h10-12,14H,3-9H2,1-2H3/p+2/t10-,11-/m0/s1. The number of aliphatic hydroxyl groups excluding tert-OH is 1. The first kappa shape index (κ1) is 14.9. The summed E-state index contributed by atoms with van der Waals surface area (Å²) in [6.07, 6.45) is 0.390. The third-order valence-electron chi connectivity index (χ3n) is 3.57.